The zero-order valence-corrected chi connectivity index (χ0v) is 11.3. The van der Waals surface area contributed by atoms with Crippen LogP contribution in [0.5, 0.6) is 0 Å². The first-order valence-corrected chi connectivity index (χ1v) is 5.86. The highest BCUT2D eigenvalue weighted by molar-refractivity contribution is 6.00. The lowest BCUT2D eigenvalue weighted by Gasteiger charge is -2.21. The third-order valence-corrected chi connectivity index (χ3v) is 2.60. The van der Waals surface area contributed by atoms with Crippen LogP contribution in [0.1, 0.15) is 40.2 Å². The molecule has 1 rings (SSSR count). The van der Waals surface area contributed by atoms with E-state index in [1.807, 2.05) is 65.0 Å². The number of nitrogens with one attached hydrogen (secondary N) is 1. The molecule has 0 bridgehead atoms. The average molecular weight is 231 g/mol. The van der Waals surface area contributed by atoms with E-state index < -0.39 is 0 Å². The maximum Gasteiger partial charge on any atom is 0.247 e. The number of amides is 1. The molecule has 1 amide bonds. The third kappa shape index (κ3) is 4.06. The van der Waals surface area contributed by atoms with Gasteiger partial charge in [0.25, 0.3) is 0 Å². The Morgan fingerprint density at radius 2 is 1.59 bits per heavy atom. The van der Waals surface area contributed by atoms with Gasteiger partial charge >= 0.3 is 0 Å². The van der Waals surface area contributed by atoms with Crippen LogP contribution in [-0.4, -0.2) is 11.4 Å². The standard InChI is InChI=1S/C15H21NO/c1-11(13-9-7-6-8-10-13)12(2)14(17)16-15(3,4)5/h6-10H,1-5H3,(H,16,17)/b12-11+. The molecule has 1 aromatic carbocycles. The van der Waals surface area contributed by atoms with E-state index in [1.54, 1.807) is 0 Å². The van der Waals surface area contributed by atoms with Gasteiger partial charge in [0, 0.05) is 11.1 Å². The van der Waals surface area contributed by atoms with Crippen molar-refractivity contribution >= 4 is 11.5 Å². The Balaban J connectivity index is 2.95. The van der Waals surface area contributed by atoms with Gasteiger partial charge in [-0.05, 0) is 45.8 Å². The van der Waals surface area contributed by atoms with E-state index in [0.717, 1.165) is 16.7 Å². The summed E-state index contributed by atoms with van der Waals surface area (Å²) in [6.07, 6.45) is 0. The first-order valence-electron chi connectivity index (χ1n) is 5.86. The first-order chi connectivity index (χ1) is 7.81. The molecule has 0 saturated carbocycles. The molecule has 0 atom stereocenters. The molecule has 0 radical (unpaired) electrons. The van der Waals surface area contributed by atoms with Crippen molar-refractivity contribution in [1.82, 2.24) is 5.32 Å². The molecule has 0 aliphatic carbocycles. The predicted octanol–water partition coefficient (Wildman–Crippen LogP) is 3.39. The first kappa shape index (κ1) is 13.5. The van der Waals surface area contributed by atoms with Gasteiger partial charge in [-0.2, -0.15) is 0 Å². The lowest BCUT2D eigenvalue weighted by molar-refractivity contribution is -0.118. The van der Waals surface area contributed by atoms with Crippen molar-refractivity contribution < 1.29 is 4.79 Å². The van der Waals surface area contributed by atoms with E-state index in [4.69, 9.17) is 0 Å². The Bertz CT molecular complexity index is 424. The van der Waals surface area contributed by atoms with E-state index in [9.17, 15) is 4.79 Å². The number of carbonyl (C=O) groups is 1. The highest BCUT2D eigenvalue weighted by atomic mass is 16.1. The number of allylic oxidation sites excluding steroid dienone is 1. The van der Waals surface area contributed by atoms with Crippen molar-refractivity contribution in [2.24, 2.45) is 0 Å². The van der Waals surface area contributed by atoms with Crippen molar-refractivity contribution in [1.29, 1.82) is 0 Å². The summed E-state index contributed by atoms with van der Waals surface area (Å²) in [6, 6.07) is 9.97. The normalized spacial score (nSPS) is 13.0. The summed E-state index contributed by atoms with van der Waals surface area (Å²) >= 11 is 0. The van der Waals surface area contributed by atoms with Crippen LogP contribution in [0.25, 0.3) is 5.57 Å². The van der Waals surface area contributed by atoms with Gasteiger partial charge in [-0.3, -0.25) is 4.79 Å². The lowest BCUT2D eigenvalue weighted by Crippen LogP contribution is -2.41. The fraction of sp³-hybridized carbons (Fsp3) is 0.400. The monoisotopic (exact) mass is 231 g/mol. The van der Waals surface area contributed by atoms with E-state index in [2.05, 4.69) is 5.32 Å². The summed E-state index contributed by atoms with van der Waals surface area (Å²) in [5, 5.41) is 2.97. The zero-order chi connectivity index (χ0) is 13.1. The Morgan fingerprint density at radius 1 is 1.06 bits per heavy atom. The van der Waals surface area contributed by atoms with Crippen molar-refractivity contribution in [3.05, 3.63) is 41.5 Å². The topological polar surface area (TPSA) is 29.1 Å². The summed E-state index contributed by atoms with van der Waals surface area (Å²) in [5.41, 5.74) is 2.68. The fourth-order valence-electron chi connectivity index (χ4n) is 1.51. The number of rotatable bonds is 2. The second-order valence-corrected chi connectivity index (χ2v) is 5.32. The Hall–Kier alpha value is -1.57. The number of benzene rings is 1. The van der Waals surface area contributed by atoms with Crippen molar-refractivity contribution in [2.45, 2.75) is 40.2 Å². The van der Waals surface area contributed by atoms with Crippen LogP contribution >= 0.6 is 0 Å². The van der Waals surface area contributed by atoms with Gasteiger partial charge in [-0.1, -0.05) is 30.3 Å². The summed E-state index contributed by atoms with van der Waals surface area (Å²) in [6.45, 7) is 9.79. The summed E-state index contributed by atoms with van der Waals surface area (Å²) < 4.78 is 0. The van der Waals surface area contributed by atoms with Crippen LogP contribution in [0.3, 0.4) is 0 Å². The minimum Gasteiger partial charge on any atom is -0.348 e. The number of hydrogen-bond donors (Lipinski definition) is 1. The van der Waals surface area contributed by atoms with Crippen molar-refractivity contribution in [3.63, 3.8) is 0 Å². The molecule has 0 fully saturated rings. The van der Waals surface area contributed by atoms with Crippen LogP contribution in [0, 0.1) is 0 Å². The second kappa shape index (κ2) is 5.17. The van der Waals surface area contributed by atoms with Gasteiger partial charge in [-0.15, -0.1) is 0 Å². The minimum absolute atomic E-state index is 0.00106. The number of carbonyl (C=O) groups excluding carboxylic acids is 1. The van der Waals surface area contributed by atoms with Crippen LogP contribution in [0.4, 0.5) is 0 Å². The maximum atomic E-state index is 12.0. The fourth-order valence-corrected chi connectivity index (χ4v) is 1.51. The smallest absolute Gasteiger partial charge is 0.247 e. The van der Waals surface area contributed by atoms with E-state index in [0.29, 0.717) is 0 Å². The van der Waals surface area contributed by atoms with Crippen LogP contribution in [-0.2, 0) is 4.79 Å². The van der Waals surface area contributed by atoms with E-state index in [-0.39, 0.29) is 11.4 Å². The molecule has 0 spiro atoms. The van der Waals surface area contributed by atoms with E-state index in [1.165, 1.54) is 0 Å². The summed E-state index contributed by atoms with van der Waals surface area (Å²) in [4.78, 5) is 12.0. The Labute approximate surface area is 104 Å². The highest BCUT2D eigenvalue weighted by Crippen LogP contribution is 2.18. The Kier molecular flexibility index (Phi) is 4.11. The molecular formula is C15H21NO. The van der Waals surface area contributed by atoms with E-state index >= 15 is 0 Å². The maximum absolute atomic E-state index is 12.0. The van der Waals surface area contributed by atoms with Crippen LogP contribution < -0.4 is 5.32 Å². The molecular weight excluding hydrogens is 210 g/mol. The second-order valence-electron chi connectivity index (χ2n) is 5.32. The predicted molar refractivity (Wildman–Crippen MR) is 72.6 cm³/mol. The summed E-state index contributed by atoms with van der Waals surface area (Å²) in [5.74, 6) is -0.00106. The largest absolute Gasteiger partial charge is 0.348 e. The van der Waals surface area contributed by atoms with Crippen LogP contribution in [0.2, 0.25) is 0 Å². The average Bonchev–Trinajstić information content (AvgIpc) is 2.26. The molecule has 0 saturated heterocycles. The van der Waals surface area contributed by atoms with Gasteiger partial charge in [0.15, 0.2) is 0 Å². The minimum atomic E-state index is -0.199. The van der Waals surface area contributed by atoms with Gasteiger partial charge in [0.05, 0.1) is 0 Å². The molecule has 0 aromatic heterocycles. The zero-order valence-electron chi connectivity index (χ0n) is 11.3. The highest BCUT2D eigenvalue weighted by Gasteiger charge is 2.16. The van der Waals surface area contributed by atoms with Gasteiger partial charge < -0.3 is 5.32 Å². The SMILES string of the molecule is C/C(C(=O)NC(C)(C)C)=C(/C)c1ccccc1. The van der Waals surface area contributed by atoms with Gasteiger partial charge in [0.1, 0.15) is 0 Å². The molecule has 92 valence electrons. The third-order valence-electron chi connectivity index (χ3n) is 2.60. The number of hydrogen-bond acceptors (Lipinski definition) is 1. The van der Waals surface area contributed by atoms with Gasteiger partial charge in [0.2, 0.25) is 5.91 Å². The quantitative estimate of drug-likeness (QED) is 0.777. The lowest BCUT2D eigenvalue weighted by atomic mass is 10.0. The molecule has 0 aliphatic rings. The molecule has 2 heteroatoms. The van der Waals surface area contributed by atoms with Crippen molar-refractivity contribution in [2.75, 3.05) is 0 Å². The van der Waals surface area contributed by atoms with Crippen LogP contribution in [0.15, 0.2) is 35.9 Å². The molecule has 17 heavy (non-hydrogen) atoms. The molecule has 0 aliphatic heterocycles. The molecule has 0 unspecified atom stereocenters. The molecule has 1 aromatic rings. The van der Waals surface area contributed by atoms with Crippen molar-refractivity contribution in [3.8, 4) is 0 Å². The molecule has 0 heterocycles. The summed E-state index contributed by atoms with van der Waals surface area (Å²) in [7, 11) is 0. The molecule has 1 N–H and O–H groups in total. The Morgan fingerprint density at radius 3 is 2.06 bits per heavy atom. The van der Waals surface area contributed by atoms with Gasteiger partial charge in [-0.25, -0.2) is 0 Å². The molecule has 2 nitrogen and oxygen atoms in total.